The van der Waals surface area contributed by atoms with Crippen molar-refractivity contribution >= 4 is 55.0 Å². The van der Waals surface area contributed by atoms with Crippen LogP contribution < -0.4 is 14.5 Å². The Morgan fingerprint density at radius 3 is 2.14 bits per heavy atom. The maximum absolute atomic E-state index is 6.62. The van der Waals surface area contributed by atoms with E-state index in [1.165, 1.54) is 10.9 Å². The van der Waals surface area contributed by atoms with Crippen LogP contribution in [-0.4, -0.2) is 14.1 Å². The second-order valence-electron chi connectivity index (χ2n) is 13.6. The van der Waals surface area contributed by atoms with Gasteiger partial charge in [0.25, 0.3) is 0 Å². The first-order valence-corrected chi connectivity index (χ1v) is 16.5. The predicted octanol–water partition coefficient (Wildman–Crippen LogP) is 10.4. The molecule has 0 unspecified atom stereocenters. The van der Waals surface area contributed by atoms with E-state index in [9.17, 15) is 0 Å². The fourth-order valence-corrected chi connectivity index (χ4v) is 6.86. The summed E-state index contributed by atoms with van der Waals surface area (Å²) in [6.07, 6.45) is 6.09. The Hall–Kier alpha value is -5.32. The van der Waals surface area contributed by atoms with Crippen LogP contribution in [0.2, 0.25) is 0 Å². The van der Waals surface area contributed by atoms with Gasteiger partial charge >= 0.3 is 0 Å². The normalized spacial score (nSPS) is 13.2. The zero-order valence-corrected chi connectivity index (χ0v) is 30.4. The second-order valence-corrected chi connectivity index (χ2v) is 13.6. The number of fused-ring (bicyclic) bond motifs is 6. The van der Waals surface area contributed by atoms with E-state index in [-0.39, 0.29) is 26.5 Å². The first kappa shape index (κ1) is 31.9. The molecule has 6 nitrogen and oxygen atoms in total. The Kier molecular flexibility index (Phi) is 7.80. The van der Waals surface area contributed by atoms with Gasteiger partial charge in [-0.3, -0.25) is 0 Å². The van der Waals surface area contributed by atoms with Crippen molar-refractivity contribution in [2.24, 2.45) is 7.05 Å². The zero-order valence-electron chi connectivity index (χ0n) is 28.2. The van der Waals surface area contributed by atoms with Gasteiger partial charge in [-0.15, -0.1) is 53.6 Å². The molecule has 0 aliphatic carbocycles. The van der Waals surface area contributed by atoms with Gasteiger partial charge < -0.3 is 23.7 Å². The standard InChI is InChI=1S/C43H34N5O.Pt/c1-43(2,3)29-22-31(47-21-20-46(28-47)30-12-6-5-7-13-30)24-33(23-29)49-32-18-19-36-34-14-9-11-17-39(34)48(41(36)25-32)42-26-40-37(27-44-42)35-15-8-10-16-38(35)45(40)4;/h5-23,26-28H,1-4H3;/q-3;. The third kappa shape index (κ3) is 5.35. The average Bonchev–Trinajstić information content (AvgIpc) is 3.82. The van der Waals surface area contributed by atoms with Crippen LogP contribution in [0.3, 0.4) is 0 Å². The topological polar surface area (TPSA) is 38.5 Å². The maximum atomic E-state index is 6.62. The molecule has 250 valence electrons. The van der Waals surface area contributed by atoms with Gasteiger partial charge in [0, 0.05) is 79.4 Å². The number of nitrogens with zero attached hydrogens (tertiary/aromatic N) is 5. The van der Waals surface area contributed by atoms with E-state index < -0.39 is 0 Å². The van der Waals surface area contributed by atoms with Crippen molar-refractivity contribution in [3.8, 4) is 17.3 Å². The van der Waals surface area contributed by atoms with Crippen LogP contribution in [0, 0.1) is 18.8 Å². The number of aromatic nitrogens is 3. The van der Waals surface area contributed by atoms with Crippen molar-refractivity contribution in [1.82, 2.24) is 14.1 Å². The summed E-state index contributed by atoms with van der Waals surface area (Å²) >= 11 is 0. The number of rotatable bonds is 5. The summed E-state index contributed by atoms with van der Waals surface area (Å²) < 4.78 is 11.1. The van der Waals surface area contributed by atoms with Gasteiger partial charge in [0.15, 0.2) is 0 Å². The Balaban J connectivity index is 0.00000361. The van der Waals surface area contributed by atoms with Crippen molar-refractivity contribution in [2.75, 3.05) is 9.80 Å². The van der Waals surface area contributed by atoms with Gasteiger partial charge in [0.05, 0.1) is 5.52 Å². The number of ether oxygens (including phenoxy) is 1. The molecule has 0 N–H and O–H groups in total. The molecule has 0 radical (unpaired) electrons. The minimum absolute atomic E-state index is 0. The van der Waals surface area contributed by atoms with Gasteiger partial charge in [-0.05, 0) is 47.5 Å². The van der Waals surface area contributed by atoms with Crippen LogP contribution in [0.5, 0.6) is 11.5 Å². The number of aryl methyl sites for hydroxylation is 1. The van der Waals surface area contributed by atoms with E-state index in [2.05, 4.69) is 157 Å². The van der Waals surface area contributed by atoms with Gasteiger partial charge in [-0.1, -0.05) is 80.9 Å². The van der Waals surface area contributed by atoms with Crippen molar-refractivity contribution < 1.29 is 25.8 Å². The summed E-state index contributed by atoms with van der Waals surface area (Å²) in [5.41, 5.74) is 7.34. The third-order valence-corrected chi connectivity index (χ3v) is 9.46. The molecule has 8 aromatic rings. The number of benzene rings is 5. The molecule has 0 saturated carbocycles. The Bertz CT molecular complexity index is 2580. The number of pyridine rings is 1. The van der Waals surface area contributed by atoms with Crippen LogP contribution in [0.25, 0.3) is 49.4 Å². The molecule has 3 aromatic heterocycles. The Morgan fingerprint density at radius 2 is 1.36 bits per heavy atom. The summed E-state index contributed by atoms with van der Waals surface area (Å²) in [5, 5.41) is 4.57. The summed E-state index contributed by atoms with van der Waals surface area (Å²) in [7, 11) is 2.11. The van der Waals surface area contributed by atoms with Crippen molar-refractivity contribution in [3.63, 3.8) is 0 Å². The average molecular weight is 832 g/mol. The summed E-state index contributed by atoms with van der Waals surface area (Å²) in [4.78, 5) is 9.19. The second kappa shape index (κ2) is 12.2. The minimum atomic E-state index is -0.101. The molecule has 0 amide bonds. The molecule has 1 aliphatic heterocycles. The van der Waals surface area contributed by atoms with Crippen molar-refractivity contribution in [2.45, 2.75) is 26.2 Å². The van der Waals surface area contributed by atoms with E-state index in [0.29, 0.717) is 11.5 Å². The maximum Gasteiger partial charge on any atom is 0.137 e. The molecule has 0 spiro atoms. The minimum Gasteiger partial charge on any atom is -0.509 e. The van der Waals surface area contributed by atoms with Crippen molar-refractivity contribution in [3.05, 3.63) is 152 Å². The van der Waals surface area contributed by atoms with Gasteiger partial charge in [-0.2, -0.15) is 6.07 Å². The van der Waals surface area contributed by atoms with E-state index in [0.717, 1.165) is 55.5 Å². The summed E-state index contributed by atoms with van der Waals surface area (Å²) in [6, 6.07) is 44.9. The molecule has 0 fully saturated rings. The number of anilines is 2. The summed E-state index contributed by atoms with van der Waals surface area (Å²) in [5.74, 6) is 2.08. The molecular weight excluding hydrogens is 798 g/mol. The third-order valence-electron chi connectivity index (χ3n) is 9.46. The molecule has 1 aliphatic rings. The van der Waals surface area contributed by atoms with Crippen molar-refractivity contribution in [1.29, 1.82) is 0 Å². The first-order chi connectivity index (χ1) is 23.8. The number of hydrogen-bond donors (Lipinski definition) is 0. The first-order valence-electron chi connectivity index (χ1n) is 16.5. The van der Waals surface area contributed by atoms with Gasteiger partial charge in [0.1, 0.15) is 5.82 Å². The molecule has 5 aromatic carbocycles. The van der Waals surface area contributed by atoms with Gasteiger partial charge in [0.2, 0.25) is 0 Å². The van der Waals surface area contributed by atoms with Crippen LogP contribution in [-0.2, 0) is 33.5 Å². The molecule has 4 heterocycles. The van der Waals surface area contributed by atoms with E-state index in [1.54, 1.807) is 0 Å². The Labute approximate surface area is 306 Å². The molecule has 50 heavy (non-hydrogen) atoms. The molecule has 9 rings (SSSR count). The molecule has 0 atom stereocenters. The summed E-state index contributed by atoms with van der Waals surface area (Å²) in [6.45, 7) is 8.71. The molecule has 0 saturated heterocycles. The van der Waals surface area contributed by atoms with E-state index in [4.69, 9.17) is 9.72 Å². The van der Waals surface area contributed by atoms with Crippen LogP contribution in [0.1, 0.15) is 26.3 Å². The fourth-order valence-electron chi connectivity index (χ4n) is 6.86. The van der Waals surface area contributed by atoms with Crippen LogP contribution in [0.4, 0.5) is 11.4 Å². The smallest absolute Gasteiger partial charge is 0.137 e. The molecule has 7 heteroatoms. The van der Waals surface area contributed by atoms with Gasteiger partial charge in [-0.25, -0.2) is 4.98 Å². The van der Waals surface area contributed by atoms with E-state index >= 15 is 0 Å². The predicted molar refractivity (Wildman–Crippen MR) is 200 cm³/mol. The largest absolute Gasteiger partial charge is 0.509 e. The number of hydrogen-bond acceptors (Lipinski definition) is 4. The Morgan fingerprint density at radius 1 is 0.660 bits per heavy atom. The van der Waals surface area contributed by atoms with E-state index in [1.807, 2.05) is 36.7 Å². The number of para-hydroxylation sites is 3. The SMILES string of the molecule is Cn1c2ccccc2c2cnc(-n3c4[c-]c(Oc5[c-]c(N6C=CN(c7ccccc7)[CH-]6)cc(C(C)(C)C)c5)ccc4c4ccccc43)cc21.[Pt]. The fraction of sp³-hybridized carbons (Fsp3) is 0.116. The van der Waals surface area contributed by atoms with Crippen LogP contribution >= 0.6 is 0 Å². The quantitative estimate of drug-likeness (QED) is 0.162. The molecule has 0 bridgehead atoms. The molecular formula is C43H34N5OPt-3. The zero-order chi connectivity index (χ0) is 33.3. The van der Waals surface area contributed by atoms with Crippen LogP contribution in [0.15, 0.2) is 128 Å². The monoisotopic (exact) mass is 831 g/mol.